The molecular formula is C11H18O3. The Labute approximate surface area is 84.8 Å². The van der Waals surface area contributed by atoms with Gasteiger partial charge in [0.1, 0.15) is 11.7 Å². The molecule has 0 amide bonds. The number of esters is 1. The normalized spacial score (nSPS) is 37.6. The summed E-state index contributed by atoms with van der Waals surface area (Å²) in [7, 11) is 0. The second-order valence-corrected chi connectivity index (χ2v) is 4.44. The Morgan fingerprint density at radius 3 is 2.71 bits per heavy atom. The zero-order valence-electron chi connectivity index (χ0n) is 9.20. The van der Waals surface area contributed by atoms with E-state index in [-0.39, 0.29) is 11.9 Å². The number of carbonyl (C=O) groups is 1. The van der Waals surface area contributed by atoms with Crippen LogP contribution in [0.2, 0.25) is 0 Å². The van der Waals surface area contributed by atoms with Crippen LogP contribution in [0.5, 0.6) is 0 Å². The summed E-state index contributed by atoms with van der Waals surface area (Å²) in [5, 5.41) is 10.1. The molecule has 0 radical (unpaired) electrons. The second-order valence-electron chi connectivity index (χ2n) is 4.44. The first-order valence-corrected chi connectivity index (χ1v) is 4.90. The van der Waals surface area contributed by atoms with Crippen molar-refractivity contribution in [3.63, 3.8) is 0 Å². The Morgan fingerprint density at radius 1 is 1.71 bits per heavy atom. The van der Waals surface area contributed by atoms with Crippen molar-refractivity contribution < 1.29 is 14.6 Å². The van der Waals surface area contributed by atoms with Crippen LogP contribution >= 0.6 is 0 Å². The van der Waals surface area contributed by atoms with Crippen LogP contribution in [-0.2, 0) is 9.53 Å². The van der Waals surface area contributed by atoms with Gasteiger partial charge in [0.25, 0.3) is 0 Å². The molecule has 3 atom stereocenters. The van der Waals surface area contributed by atoms with Gasteiger partial charge in [-0.2, -0.15) is 0 Å². The Morgan fingerprint density at radius 2 is 2.29 bits per heavy atom. The monoisotopic (exact) mass is 198 g/mol. The van der Waals surface area contributed by atoms with Gasteiger partial charge in [0, 0.05) is 19.3 Å². The molecule has 80 valence electrons. The standard InChI is InChI=1S/C11H18O3/c1-7-5-8(2)10(14-9(3)12)11(4,13)6-7/h5,8,10,13H,6H2,1-4H3/t8-,10+,11-/m1/s1. The summed E-state index contributed by atoms with van der Waals surface area (Å²) >= 11 is 0. The highest BCUT2D eigenvalue weighted by Gasteiger charge is 2.40. The number of hydrogen-bond acceptors (Lipinski definition) is 3. The van der Waals surface area contributed by atoms with E-state index in [1.165, 1.54) is 6.92 Å². The van der Waals surface area contributed by atoms with E-state index in [0.717, 1.165) is 5.57 Å². The average Bonchev–Trinajstić information content (AvgIpc) is 1.95. The van der Waals surface area contributed by atoms with Crippen molar-refractivity contribution in [2.24, 2.45) is 5.92 Å². The van der Waals surface area contributed by atoms with E-state index in [1.807, 2.05) is 19.9 Å². The maximum atomic E-state index is 10.9. The molecule has 0 bridgehead atoms. The lowest BCUT2D eigenvalue weighted by Gasteiger charge is -2.39. The maximum Gasteiger partial charge on any atom is 0.303 e. The highest BCUT2D eigenvalue weighted by atomic mass is 16.6. The van der Waals surface area contributed by atoms with Crippen LogP contribution in [-0.4, -0.2) is 22.8 Å². The maximum absolute atomic E-state index is 10.9. The molecule has 1 rings (SSSR count). The molecule has 1 N–H and O–H groups in total. The molecule has 0 saturated carbocycles. The van der Waals surface area contributed by atoms with E-state index in [0.29, 0.717) is 6.42 Å². The predicted molar refractivity (Wildman–Crippen MR) is 53.7 cm³/mol. The fraction of sp³-hybridized carbons (Fsp3) is 0.727. The van der Waals surface area contributed by atoms with Crippen molar-refractivity contribution >= 4 is 5.97 Å². The summed E-state index contributed by atoms with van der Waals surface area (Å²) in [5.41, 5.74) is 0.204. The Kier molecular flexibility index (Phi) is 3.00. The van der Waals surface area contributed by atoms with Crippen molar-refractivity contribution in [1.29, 1.82) is 0 Å². The summed E-state index contributed by atoms with van der Waals surface area (Å²) in [5.74, 6) is -0.266. The molecule has 14 heavy (non-hydrogen) atoms. The molecule has 3 heteroatoms. The van der Waals surface area contributed by atoms with Gasteiger partial charge in [-0.3, -0.25) is 4.79 Å². The Hall–Kier alpha value is -0.830. The summed E-state index contributed by atoms with van der Waals surface area (Å²) in [4.78, 5) is 10.9. The smallest absolute Gasteiger partial charge is 0.303 e. The van der Waals surface area contributed by atoms with Gasteiger partial charge in [0.05, 0.1) is 0 Å². The number of carbonyl (C=O) groups excluding carboxylic acids is 1. The lowest BCUT2D eigenvalue weighted by molar-refractivity contribution is -0.166. The van der Waals surface area contributed by atoms with E-state index in [4.69, 9.17) is 4.74 Å². The lowest BCUT2D eigenvalue weighted by Crippen LogP contribution is -2.48. The van der Waals surface area contributed by atoms with Crippen LogP contribution in [0, 0.1) is 5.92 Å². The van der Waals surface area contributed by atoms with Crippen molar-refractivity contribution in [1.82, 2.24) is 0 Å². The van der Waals surface area contributed by atoms with Crippen LogP contribution in [0.15, 0.2) is 11.6 Å². The number of ether oxygens (including phenoxy) is 1. The topological polar surface area (TPSA) is 46.5 Å². The highest BCUT2D eigenvalue weighted by molar-refractivity contribution is 5.66. The second kappa shape index (κ2) is 3.73. The minimum absolute atomic E-state index is 0.0719. The first-order chi connectivity index (χ1) is 6.33. The molecule has 0 aromatic heterocycles. The zero-order valence-corrected chi connectivity index (χ0v) is 9.20. The fourth-order valence-electron chi connectivity index (χ4n) is 2.24. The molecule has 0 heterocycles. The summed E-state index contributed by atoms with van der Waals surface area (Å²) in [6, 6.07) is 0. The van der Waals surface area contributed by atoms with Gasteiger partial charge in [-0.05, 0) is 13.8 Å². The fourth-order valence-corrected chi connectivity index (χ4v) is 2.24. The van der Waals surface area contributed by atoms with E-state index in [1.54, 1.807) is 6.92 Å². The van der Waals surface area contributed by atoms with Crippen LogP contribution in [0.4, 0.5) is 0 Å². The predicted octanol–water partition coefficient (Wildman–Crippen LogP) is 1.66. The largest absolute Gasteiger partial charge is 0.459 e. The van der Waals surface area contributed by atoms with Gasteiger partial charge in [0.15, 0.2) is 0 Å². The third-order valence-electron chi connectivity index (χ3n) is 2.57. The van der Waals surface area contributed by atoms with E-state index in [9.17, 15) is 9.90 Å². The van der Waals surface area contributed by atoms with Crippen LogP contribution in [0.1, 0.15) is 34.1 Å². The highest BCUT2D eigenvalue weighted by Crippen LogP contribution is 2.33. The first-order valence-electron chi connectivity index (χ1n) is 4.90. The van der Waals surface area contributed by atoms with Gasteiger partial charge in [0.2, 0.25) is 0 Å². The van der Waals surface area contributed by atoms with Gasteiger partial charge in [-0.15, -0.1) is 0 Å². The molecule has 0 aromatic carbocycles. The van der Waals surface area contributed by atoms with Crippen molar-refractivity contribution in [2.45, 2.75) is 45.8 Å². The lowest BCUT2D eigenvalue weighted by atomic mass is 9.78. The number of rotatable bonds is 1. The Balaban J connectivity index is 2.86. The molecule has 0 spiro atoms. The first kappa shape index (κ1) is 11.2. The van der Waals surface area contributed by atoms with E-state index in [2.05, 4.69) is 0 Å². The molecular weight excluding hydrogens is 180 g/mol. The van der Waals surface area contributed by atoms with Crippen molar-refractivity contribution in [3.8, 4) is 0 Å². The molecule has 0 unspecified atom stereocenters. The summed E-state index contributed by atoms with van der Waals surface area (Å²) in [6.07, 6.45) is 2.18. The van der Waals surface area contributed by atoms with Crippen molar-refractivity contribution in [2.75, 3.05) is 0 Å². The van der Waals surface area contributed by atoms with Crippen LogP contribution in [0.3, 0.4) is 0 Å². The van der Waals surface area contributed by atoms with E-state index < -0.39 is 11.7 Å². The third kappa shape index (κ3) is 2.35. The average molecular weight is 198 g/mol. The SMILES string of the molecule is CC(=O)O[C@H]1[C@H](C)C=C(C)C[C@@]1(C)O. The zero-order chi connectivity index (χ0) is 10.9. The van der Waals surface area contributed by atoms with E-state index >= 15 is 0 Å². The molecule has 1 aliphatic carbocycles. The third-order valence-corrected chi connectivity index (χ3v) is 2.57. The van der Waals surface area contributed by atoms with Crippen molar-refractivity contribution in [3.05, 3.63) is 11.6 Å². The molecule has 0 aliphatic heterocycles. The van der Waals surface area contributed by atoms with Gasteiger partial charge < -0.3 is 9.84 Å². The van der Waals surface area contributed by atoms with Gasteiger partial charge in [-0.25, -0.2) is 0 Å². The Bertz CT molecular complexity index is 266. The number of hydrogen-bond donors (Lipinski definition) is 1. The van der Waals surface area contributed by atoms with Crippen LogP contribution in [0.25, 0.3) is 0 Å². The summed E-state index contributed by atoms with van der Waals surface area (Å²) in [6.45, 7) is 7.02. The minimum atomic E-state index is -0.941. The molecule has 0 aromatic rings. The minimum Gasteiger partial charge on any atom is -0.459 e. The molecule has 1 aliphatic rings. The molecule has 3 nitrogen and oxygen atoms in total. The van der Waals surface area contributed by atoms with Gasteiger partial charge >= 0.3 is 5.97 Å². The summed E-state index contributed by atoms with van der Waals surface area (Å²) < 4.78 is 5.13. The number of aliphatic hydroxyl groups is 1. The van der Waals surface area contributed by atoms with Crippen LogP contribution < -0.4 is 0 Å². The molecule has 0 saturated heterocycles. The van der Waals surface area contributed by atoms with Gasteiger partial charge in [-0.1, -0.05) is 18.6 Å². The molecule has 0 fully saturated rings. The quantitative estimate of drug-likeness (QED) is 0.515.